The predicted octanol–water partition coefficient (Wildman–Crippen LogP) is 3.08. The monoisotopic (exact) mass is 564 g/mol. The molecule has 31 heavy (non-hydrogen) atoms. The summed E-state index contributed by atoms with van der Waals surface area (Å²) in [5, 5.41) is 6.66. The van der Waals surface area contributed by atoms with Gasteiger partial charge in [0.05, 0.1) is 4.90 Å². The Morgan fingerprint density at radius 3 is 2.45 bits per heavy atom. The van der Waals surface area contributed by atoms with E-state index in [9.17, 15) is 8.42 Å². The van der Waals surface area contributed by atoms with E-state index in [-0.39, 0.29) is 24.0 Å². The van der Waals surface area contributed by atoms with Crippen molar-refractivity contribution in [2.75, 3.05) is 45.9 Å². The van der Waals surface area contributed by atoms with Gasteiger partial charge in [-0.3, -0.25) is 4.99 Å². The maximum Gasteiger partial charge on any atom is 0.243 e. The molecule has 2 fully saturated rings. The smallest absolute Gasteiger partial charge is 0.243 e. The van der Waals surface area contributed by atoms with E-state index in [0.29, 0.717) is 30.4 Å². The van der Waals surface area contributed by atoms with Crippen LogP contribution >= 0.6 is 24.0 Å². The summed E-state index contributed by atoms with van der Waals surface area (Å²) in [6.07, 6.45) is 5.29. The number of aliphatic imine (C=N–C) groups is 1. The van der Waals surface area contributed by atoms with E-state index in [2.05, 4.69) is 17.6 Å². The van der Waals surface area contributed by atoms with E-state index < -0.39 is 10.0 Å². The lowest BCUT2D eigenvalue weighted by atomic mass is 9.98. The Hall–Kier alpha value is -0.910. The minimum atomic E-state index is -3.39. The molecule has 1 heterocycles. The average molecular weight is 565 g/mol. The summed E-state index contributed by atoms with van der Waals surface area (Å²) in [7, 11) is -3.39. The van der Waals surface area contributed by atoms with Crippen LogP contribution in [0.4, 0.5) is 0 Å². The number of hydrogen-bond donors (Lipinski definition) is 2. The van der Waals surface area contributed by atoms with Gasteiger partial charge in [0.1, 0.15) is 0 Å². The Morgan fingerprint density at radius 1 is 1.10 bits per heavy atom. The molecule has 0 radical (unpaired) electrons. The second-order valence-electron chi connectivity index (χ2n) is 8.18. The molecular weight excluding hydrogens is 527 g/mol. The van der Waals surface area contributed by atoms with E-state index in [1.165, 1.54) is 12.8 Å². The normalized spacial score (nSPS) is 18.4. The highest BCUT2D eigenvalue weighted by atomic mass is 127. The summed E-state index contributed by atoms with van der Waals surface area (Å²) in [6, 6.07) is 8.69. The van der Waals surface area contributed by atoms with Crippen LogP contribution in [-0.4, -0.2) is 64.6 Å². The number of sulfonamides is 1. The zero-order chi connectivity index (χ0) is 21.2. The first-order valence-electron chi connectivity index (χ1n) is 11.2. The first kappa shape index (κ1) is 26.3. The highest BCUT2D eigenvalue weighted by molar-refractivity contribution is 14.0. The van der Waals surface area contributed by atoms with Gasteiger partial charge in [0.15, 0.2) is 5.96 Å². The molecule has 0 aromatic heterocycles. The number of nitrogens with one attached hydrogen (secondary N) is 2. The molecule has 0 spiro atoms. The van der Waals surface area contributed by atoms with Gasteiger partial charge in [-0.15, -0.1) is 24.0 Å². The van der Waals surface area contributed by atoms with Crippen LogP contribution in [0.1, 0.15) is 39.0 Å². The summed E-state index contributed by atoms with van der Waals surface area (Å²) >= 11 is 0. The number of rotatable bonds is 11. The van der Waals surface area contributed by atoms with E-state index in [4.69, 9.17) is 9.73 Å². The molecule has 1 aliphatic carbocycles. The molecule has 1 saturated heterocycles. The van der Waals surface area contributed by atoms with Crippen molar-refractivity contribution in [2.24, 2.45) is 16.8 Å². The lowest BCUT2D eigenvalue weighted by Crippen LogP contribution is -2.40. The molecule has 3 rings (SSSR count). The number of nitrogens with zero attached hydrogens (tertiary/aromatic N) is 2. The average Bonchev–Trinajstić information content (AvgIpc) is 3.59. The quantitative estimate of drug-likeness (QED) is 0.187. The van der Waals surface area contributed by atoms with Crippen LogP contribution in [0.25, 0.3) is 0 Å². The van der Waals surface area contributed by atoms with Crippen molar-refractivity contribution in [1.29, 1.82) is 0 Å². The Balaban J connectivity index is 0.00000341. The zero-order valence-electron chi connectivity index (χ0n) is 18.5. The van der Waals surface area contributed by atoms with Crippen molar-refractivity contribution in [3.05, 3.63) is 30.3 Å². The van der Waals surface area contributed by atoms with Gasteiger partial charge in [-0.05, 0) is 63.0 Å². The molecule has 1 aliphatic heterocycles. The van der Waals surface area contributed by atoms with Gasteiger partial charge in [-0.1, -0.05) is 18.2 Å². The van der Waals surface area contributed by atoms with E-state index in [0.717, 1.165) is 57.4 Å². The van der Waals surface area contributed by atoms with Crippen LogP contribution in [0, 0.1) is 11.8 Å². The summed E-state index contributed by atoms with van der Waals surface area (Å²) in [5.74, 6) is 2.05. The molecule has 0 amide bonds. The molecule has 1 saturated carbocycles. The summed E-state index contributed by atoms with van der Waals surface area (Å²) in [5.41, 5.74) is 0. The number of benzene rings is 1. The van der Waals surface area contributed by atoms with Gasteiger partial charge in [0, 0.05) is 45.9 Å². The molecule has 1 aromatic carbocycles. The molecular formula is C22H37IN4O3S. The summed E-state index contributed by atoms with van der Waals surface area (Å²) in [6.45, 7) is 7.24. The fourth-order valence-corrected chi connectivity index (χ4v) is 5.04. The van der Waals surface area contributed by atoms with Gasteiger partial charge in [-0.25, -0.2) is 8.42 Å². The van der Waals surface area contributed by atoms with Crippen molar-refractivity contribution in [3.8, 4) is 0 Å². The van der Waals surface area contributed by atoms with Crippen LogP contribution in [0.3, 0.4) is 0 Å². The zero-order valence-corrected chi connectivity index (χ0v) is 21.6. The fraction of sp³-hybridized carbons (Fsp3) is 0.682. The van der Waals surface area contributed by atoms with Gasteiger partial charge >= 0.3 is 0 Å². The Bertz CT molecular complexity index is 764. The van der Waals surface area contributed by atoms with Crippen molar-refractivity contribution in [3.63, 3.8) is 0 Å². The fourth-order valence-electron chi connectivity index (χ4n) is 3.55. The number of guanidine groups is 1. The SMILES string of the molecule is CCNC(=NCC1CCN(S(=O)(=O)c2ccccc2)CC1)NCCCOCC1CC1.I. The predicted molar refractivity (Wildman–Crippen MR) is 135 cm³/mol. The van der Waals surface area contributed by atoms with E-state index >= 15 is 0 Å². The molecule has 7 nitrogen and oxygen atoms in total. The van der Waals surface area contributed by atoms with Gasteiger partial charge in [0.2, 0.25) is 10.0 Å². The molecule has 176 valence electrons. The maximum atomic E-state index is 12.7. The molecule has 0 unspecified atom stereocenters. The largest absolute Gasteiger partial charge is 0.381 e. The number of ether oxygens (including phenoxy) is 1. The lowest BCUT2D eigenvalue weighted by Gasteiger charge is -2.30. The third-order valence-corrected chi connectivity index (χ3v) is 7.53. The highest BCUT2D eigenvalue weighted by Crippen LogP contribution is 2.28. The number of hydrogen-bond acceptors (Lipinski definition) is 4. The third-order valence-electron chi connectivity index (χ3n) is 5.61. The third kappa shape index (κ3) is 8.86. The van der Waals surface area contributed by atoms with E-state index in [1.54, 1.807) is 28.6 Å². The van der Waals surface area contributed by atoms with Crippen LogP contribution in [-0.2, 0) is 14.8 Å². The minimum absolute atomic E-state index is 0. The molecule has 0 bridgehead atoms. The van der Waals surface area contributed by atoms with Gasteiger partial charge in [0.25, 0.3) is 0 Å². The Kier molecular flexibility index (Phi) is 11.6. The van der Waals surface area contributed by atoms with Crippen molar-refractivity contribution < 1.29 is 13.2 Å². The standard InChI is InChI=1S/C22H36N4O3S.HI/c1-2-23-22(24-13-6-16-29-18-20-9-10-20)25-17-19-11-14-26(15-12-19)30(27,28)21-7-4-3-5-8-21;/h3-5,7-8,19-20H,2,6,9-18H2,1H3,(H2,23,24,25);1H. The first-order chi connectivity index (χ1) is 14.6. The van der Waals surface area contributed by atoms with Crippen molar-refractivity contribution in [2.45, 2.75) is 43.9 Å². The lowest BCUT2D eigenvalue weighted by molar-refractivity contribution is 0.123. The van der Waals surface area contributed by atoms with Crippen LogP contribution in [0.5, 0.6) is 0 Å². The van der Waals surface area contributed by atoms with Crippen LogP contribution in [0.2, 0.25) is 0 Å². The Labute approximate surface area is 204 Å². The number of halogens is 1. The molecule has 9 heteroatoms. The van der Waals surface area contributed by atoms with Crippen LogP contribution < -0.4 is 10.6 Å². The maximum absolute atomic E-state index is 12.7. The van der Waals surface area contributed by atoms with Crippen molar-refractivity contribution >= 4 is 40.0 Å². The molecule has 2 N–H and O–H groups in total. The van der Waals surface area contributed by atoms with Gasteiger partial charge < -0.3 is 15.4 Å². The summed E-state index contributed by atoms with van der Waals surface area (Å²) < 4.78 is 32.8. The first-order valence-corrected chi connectivity index (χ1v) is 12.7. The second-order valence-corrected chi connectivity index (χ2v) is 10.1. The van der Waals surface area contributed by atoms with E-state index in [1.807, 2.05) is 6.07 Å². The van der Waals surface area contributed by atoms with Crippen molar-refractivity contribution in [1.82, 2.24) is 14.9 Å². The van der Waals surface area contributed by atoms with Gasteiger partial charge in [-0.2, -0.15) is 4.31 Å². The molecule has 0 atom stereocenters. The molecule has 2 aliphatic rings. The Morgan fingerprint density at radius 2 is 1.81 bits per heavy atom. The topological polar surface area (TPSA) is 83.0 Å². The molecule has 1 aromatic rings. The second kappa shape index (κ2) is 13.6. The van der Waals surface area contributed by atoms with Crippen LogP contribution in [0.15, 0.2) is 40.2 Å². The highest BCUT2D eigenvalue weighted by Gasteiger charge is 2.29. The number of piperidine rings is 1. The minimum Gasteiger partial charge on any atom is -0.381 e. The summed E-state index contributed by atoms with van der Waals surface area (Å²) in [4.78, 5) is 5.10.